The molecule has 0 radical (unpaired) electrons. The first-order valence-electron chi connectivity index (χ1n) is 35.4. The summed E-state index contributed by atoms with van der Waals surface area (Å²) in [6, 6.07) is -0.887. The maximum absolute atomic E-state index is 13.4. The monoisotopic (exact) mass is 1250 g/mol. The number of carbonyl (C=O) groups excluding carboxylic acids is 1. The Morgan fingerprint density at radius 1 is 0.402 bits per heavy atom. The van der Waals surface area contributed by atoms with E-state index in [-0.39, 0.29) is 18.9 Å². The third kappa shape index (κ3) is 33.3. The summed E-state index contributed by atoms with van der Waals surface area (Å²) < 4.78 is 34.4. The van der Waals surface area contributed by atoms with Crippen LogP contribution in [0, 0.1) is 0 Å². The predicted octanol–water partition coefficient (Wildman–Crippen LogP) is 9.28. The van der Waals surface area contributed by atoms with Crippen molar-refractivity contribution in [3.05, 3.63) is 12.2 Å². The summed E-state index contributed by atoms with van der Waals surface area (Å²) in [5.74, 6) is -0.243. The Morgan fingerprint density at radius 3 is 1.11 bits per heavy atom. The van der Waals surface area contributed by atoms with Gasteiger partial charge >= 0.3 is 0 Å². The lowest BCUT2D eigenvalue weighted by Crippen LogP contribution is -2.66. The van der Waals surface area contributed by atoms with Crippen molar-refractivity contribution in [2.24, 2.45) is 0 Å². The van der Waals surface area contributed by atoms with E-state index < -0.39 is 124 Å². The number of hydrogen-bond donors (Lipinski definition) is 12. The summed E-state index contributed by atoms with van der Waals surface area (Å²) in [5, 5.41) is 121. The molecule has 0 saturated carbocycles. The minimum absolute atomic E-state index is 0.243. The second kappa shape index (κ2) is 51.0. The highest BCUT2D eigenvalue weighted by Gasteiger charge is 2.53. The zero-order valence-corrected chi connectivity index (χ0v) is 54.3. The molecule has 0 aromatic heterocycles. The number of nitrogens with one attached hydrogen (secondary N) is 1. The van der Waals surface area contributed by atoms with E-state index in [1.165, 1.54) is 193 Å². The van der Waals surface area contributed by atoms with Crippen LogP contribution in [0.1, 0.15) is 284 Å². The van der Waals surface area contributed by atoms with E-state index in [0.29, 0.717) is 12.8 Å². The molecule has 0 aromatic carbocycles. The standard InChI is InChI=1S/C68H129NO18/c1-3-5-7-9-11-13-15-17-19-21-23-24-25-26-27-28-29-31-33-35-37-39-41-43-45-52(73)51(69-56(74)46-44-42-40-38-36-34-32-30-22-20-18-16-14-12-10-8-6-4-2)50-82-66-62(80)59(77)64(54(48-71)84-66)87-68-63(81)60(78)65(55(49-72)85-68)86-67-61(79)58(76)57(75)53(47-70)83-67/h20,22,51-55,57-68,70-73,75-81H,3-19,21,23-50H2,1-2H3,(H,69,74)/b22-20-. The Balaban J connectivity index is 1.43. The van der Waals surface area contributed by atoms with Gasteiger partial charge in [0.25, 0.3) is 0 Å². The maximum Gasteiger partial charge on any atom is 0.220 e. The second-order valence-corrected chi connectivity index (χ2v) is 25.7. The molecule has 87 heavy (non-hydrogen) atoms. The fraction of sp³-hybridized carbons (Fsp3) is 0.956. The average molecular weight is 1250 g/mol. The molecular formula is C68H129NO18. The van der Waals surface area contributed by atoms with Crippen LogP contribution in [0.3, 0.4) is 0 Å². The molecule has 0 aliphatic carbocycles. The van der Waals surface area contributed by atoms with E-state index in [4.69, 9.17) is 28.4 Å². The third-order valence-corrected chi connectivity index (χ3v) is 18.1. The van der Waals surface area contributed by atoms with Crippen LogP contribution in [-0.4, -0.2) is 193 Å². The van der Waals surface area contributed by atoms with Crippen molar-refractivity contribution in [2.45, 2.75) is 388 Å². The van der Waals surface area contributed by atoms with E-state index in [9.17, 15) is 61.0 Å². The largest absolute Gasteiger partial charge is 0.394 e. The summed E-state index contributed by atoms with van der Waals surface area (Å²) in [6.45, 7) is 1.83. The topological polar surface area (TPSA) is 307 Å². The zero-order chi connectivity index (χ0) is 63.3. The summed E-state index contributed by atoms with van der Waals surface area (Å²) in [4.78, 5) is 13.4. The van der Waals surface area contributed by atoms with Crippen molar-refractivity contribution in [3.8, 4) is 0 Å². The normalized spacial score (nSPS) is 28.6. The molecule has 17 unspecified atom stereocenters. The number of ether oxygens (including phenoxy) is 6. The van der Waals surface area contributed by atoms with Gasteiger partial charge < -0.3 is 89.9 Å². The van der Waals surface area contributed by atoms with Crippen LogP contribution in [-0.2, 0) is 33.2 Å². The molecule has 3 rings (SSSR count). The van der Waals surface area contributed by atoms with Gasteiger partial charge in [0.2, 0.25) is 5.91 Å². The van der Waals surface area contributed by atoms with Crippen LogP contribution < -0.4 is 5.32 Å². The van der Waals surface area contributed by atoms with Gasteiger partial charge in [-0.15, -0.1) is 0 Å². The van der Waals surface area contributed by atoms with Crippen molar-refractivity contribution < 1.29 is 89.4 Å². The first-order chi connectivity index (χ1) is 42.3. The smallest absolute Gasteiger partial charge is 0.220 e. The number of rotatable bonds is 55. The molecule has 1 amide bonds. The van der Waals surface area contributed by atoms with E-state index >= 15 is 0 Å². The van der Waals surface area contributed by atoms with Crippen molar-refractivity contribution >= 4 is 5.91 Å². The molecule has 0 aromatic rings. The van der Waals surface area contributed by atoms with Crippen LogP contribution in [0.4, 0.5) is 0 Å². The van der Waals surface area contributed by atoms with Gasteiger partial charge in [0.05, 0.1) is 38.6 Å². The average Bonchev–Trinajstić information content (AvgIpc) is 2.36. The number of carbonyl (C=O) groups is 1. The number of unbranched alkanes of at least 4 members (excludes halogenated alkanes) is 37. The van der Waals surface area contributed by atoms with Gasteiger partial charge in [0.15, 0.2) is 18.9 Å². The first-order valence-corrected chi connectivity index (χ1v) is 35.4. The van der Waals surface area contributed by atoms with Crippen LogP contribution in [0.5, 0.6) is 0 Å². The molecule has 3 saturated heterocycles. The van der Waals surface area contributed by atoms with Gasteiger partial charge in [-0.3, -0.25) is 4.79 Å². The Kier molecular flexibility index (Phi) is 46.8. The molecule has 0 spiro atoms. The molecule has 17 atom stereocenters. The quantitative estimate of drug-likeness (QED) is 0.0199. The van der Waals surface area contributed by atoms with Crippen molar-refractivity contribution in [1.82, 2.24) is 5.32 Å². The third-order valence-electron chi connectivity index (χ3n) is 18.1. The number of aliphatic hydroxyl groups is 11. The molecule has 514 valence electrons. The molecular weight excluding hydrogens is 1120 g/mol. The lowest BCUT2D eigenvalue weighted by Gasteiger charge is -2.48. The number of aliphatic hydroxyl groups excluding tert-OH is 11. The predicted molar refractivity (Wildman–Crippen MR) is 337 cm³/mol. The highest BCUT2D eigenvalue weighted by Crippen LogP contribution is 2.33. The Morgan fingerprint density at radius 2 is 0.724 bits per heavy atom. The van der Waals surface area contributed by atoms with E-state index in [2.05, 4.69) is 31.3 Å². The van der Waals surface area contributed by atoms with Gasteiger partial charge in [-0.05, 0) is 38.5 Å². The van der Waals surface area contributed by atoms with Gasteiger partial charge in [0.1, 0.15) is 73.2 Å². The number of hydrogen-bond acceptors (Lipinski definition) is 18. The van der Waals surface area contributed by atoms with Crippen LogP contribution >= 0.6 is 0 Å². The number of amides is 1. The van der Waals surface area contributed by atoms with Gasteiger partial charge in [0, 0.05) is 6.42 Å². The molecule has 3 aliphatic heterocycles. The molecule has 3 fully saturated rings. The fourth-order valence-electron chi connectivity index (χ4n) is 12.3. The molecule has 19 heteroatoms. The van der Waals surface area contributed by atoms with Crippen molar-refractivity contribution in [3.63, 3.8) is 0 Å². The molecule has 12 N–H and O–H groups in total. The van der Waals surface area contributed by atoms with E-state index in [0.717, 1.165) is 57.8 Å². The van der Waals surface area contributed by atoms with E-state index in [1.54, 1.807) is 0 Å². The minimum Gasteiger partial charge on any atom is -0.394 e. The van der Waals surface area contributed by atoms with Crippen LogP contribution in [0.25, 0.3) is 0 Å². The van der Waals surface area contributed by atoms with Crippen LogP contribution in [0.2, 0.25) is 0 Å². The molecule has 19 nitrogen and oxygen atoms in total. The Bertz CT molecular complexity index is 1630. The van der Waals surface area contributed by atoms with Crippen molar-refractivity contribution in [1.29, 1.82) is 0 Å². The molecule has 0 bridgehead atoms. The highest BCUT2D eigenvalue weighted by atomic mass is 16.8. The summed E-state index contributed by atoms with van der Waals surface area (Å²) in [6.07, 6.45) is 28.6. The van der Waals surface area contributed by atoms with Gasteiger partial charge in [-0.25, -0.2) is 0 Å². The SMILES string of the molecule is CCCCCCCCC/C=C\CCCCCCCCCC(=O)NC(COC1OC(CO)C(OC2OC(CO)C(OC3OC(CO)C(O)C(O)C3O)C(O)C2O)C(O)C1O)C(O)CCCCCCCCCCCCCCCCCCCCCCCCCC. The lowest BCUT2D eigenvalue weighted by atomic mass is 9.96. The summed E-state index contributed by atoms with van der Waals surface area (Å²) >= 11 is 0. The lowest BCUT2D eigenvalue weighted by molar-refractivity contribution is -0.379. The Hall–Kier alpha value is -1.47. The fourth-order valence-corrected chi connectivity index (χ4v) is 12.3. The van der Waals surface area contributed by atoms with Crippen molar-refractivity contribution in [2.75, 3.05) is 26.4 Å². The summed E-state index contributed by atoms with van der Waals surface area (Å²) in [5.41, 5.74) is 0. The zero-order valence-electron chi connectivity index (χ0n) is 54.3. The number of allylic oxidation sites excluding steroid dienone is 2. The first kappa shape index (κ1) is 79.8. The highest BCUT2D eigenvalue weighted by molar-refractivity contribution is 5.76. The van der Waals surface area contributed by atoms with Gasteiger partial charge in [-0.2, -0.15) is 0 Å². The maximum atomic E-state index is 13.4. The van der Waals surface area contributed by atoms with E-state index in [1.807, 2.05) is 0 Å². The summed E-state index contributed by atoms with van der Waals surface area (Å²) in [7, 11) is 0. The molecule has 3 aliphatic rings. The molecule has 3 heterocycles. The second-order valence-electron chi connectivity index (χ2n) is 25.7. The van der Waals surface area contributed by atoms with Gasteiger partial charge in [-0.1, -0.05) is 251 Å². The Labute approximate surface area is 525 Å². The minimum atomic E-state index is -1.97. The van der Waals surface area contributed by atoms with Crippen LogP contribution in [0.15, 0.2) is 12.2 Å².